The van der Waals surface area contributed by atoms with Gasteiger partial charge in [-0.1, -0.05) is 13.0 Å². The van der Waals surface area contributed by atoms with Crippen LogP contribution in [0.2, 0.25) is 0 Å². The fourth-order valence-electron chi connectivity index (χ4n) is 1.99. The number of aryl methyl sites for hydroxylation is 2. The van der Waals surface area contributed by atoms with E-state index in [9.17, 15) is 8.42 Å². The van der Waals surface area contributed by atoms with Crippen LogP contribution < -0.4 is 10.5 Å². The van der Waals surface area contributed by atoms with E-state index < -0.39 is 10.0 Å². The Morgan fingerprint density at radius 2 is 1.90 bits per heavy atom. The van der Waals surface area contributed by atoms with Crippen LogP contribution in [0.15, 0.2) is 17.0 Å². The van der Waals surface area contributed by atoms with Gasteiger partial charge in [-0.05, 0) is 50.2 Å². The van der Waals surface area contributed by atoms with Crippen molar-refractivity contribution in [2.24, 2.45) is 5.73 Å². The zero-order valence-electron chi connectivity index (χ0n) is 12.7. The molecule has 1 rings (SSSR count). The van der Waals surface area contributed by atoms with Gasteiger partial charge in [-0.3, -0.25) is 0 Å². The topological polar surface area (TPSA) is 75.4 Å². The Labute approximate surface area is 122 Å². The van der Waals surface area contributed by atoms with Gasteiger partial charge in [0.1, 0.15) is 0 Å². The third kappa shape index (κ3) is 4.28. The monoisotopic (exact) mass is 299 g/mol. The first kappa shape index (κ1) is 17.1. The summed E-state index contributed by atoms with van der Waals surface area (Å²) in [6.07, 6.45) is 0. The number of benzene rings is 1. The van der Waals surface area contributed by atoms with Gasteiger partial charge in [-0.2, -0.15) is 0 Å². The van der Waals surface area contributed by atoms with Crippen LogP contribution in [0.25, 0.3) is 0 Å². The van der Waals surface area contributed by atoms with Crippen molar-refractivity contribution >= 4 is 10.0 Å². The van der Waals surface area contributed by atoms with Crippen molar-refractivity contribution in [1.82, 2.24) is 9.62 Å². The Kier molecular flexibility index (Phi) is 6.13. The first-order chi connectivity index (χ1) is 9.31. The summed E-state index contributed by atoms with van der Waals surface area (Å²) in [6, 6.07) is 3.55. The molecule has 0 saturated heterocycles. The highest BCUT2D eigenvalue weighted by atomic mass is 32.2. The molecule has 0 aliphatic heterocycles. The van der Waals surface area contributed by atoms with Gasteiger partial charge in [-0.15, -0.1) is 0 Å². The molecule has 0 atom stereocenters. The third-order valence-corrected chi connectivity index (χ3v) is 5.07. The van der Waals surface area contributed by atoms with E-state index in [0.29, 0.717) is 24.5 Å². The minimum absolute atomic E-state index is 0.322. The smallest absolute Gasteiger partial charge is 0.240 e. The van der Waals surface area contributed by atoms with Crippen molar-refractivity contribution in [2.75, 3.05) is 26.7 Å². The molecule has 6 heteroatoms. The van der Waals surface area contributed by atoms with Crippen molar-refractivity contribution in [3.63, 3.8) is 0 Å². The van der Waals surface area contributed by atoms with E-state index in [2.05, 4.69) is 9.62 Å². The van der Waals surface area contributed by atoms with Crippen LogP contribution in [0.1, 0.15) is 23.6 Å². The van der Waals surface area contributed by atoms with Crippen molar-refractivity contribution in [1.29, 1.82) is 0 Å². The fraction of sp³-hybridized carbons (Fsp3) is 0.571. The number of likely N-dealkylation sites (N-methyl/N-ethyl adjacent to an activating group) is 1. The zero-order valence-corrected chi connectivity index (χ0v) is 13.5. The molecule has 114 valence electrons. The number of nitrogens with one attached hydrogen (secondary N) is 1. The molecule has 0 radical (unpaired) electrons. The van der Waals surface area contributed by atoms with Crippen molar-refractivity contribution < 1.29 is 8.42 Å². The molecular formula is C14H25N3O2S. The van der Waals surface area contributed by atoms with E-state index in [-0.39, 0.29) is 0 Å². The SMILES string of the molecule is CCN(C)CCNS(=O)(=O)c1cc(CN)c(C)cc1C. The molecule has 0 amide bonds. The van der Waals surface area contributed by atoms with Crippen molar-refractivity contribution in [2.45, 2.75) is 32.2 Å². The molecule has 0 heterocycles. The van der Waals surface area contributed by atoms with E-state index in [0.717, 1.165) is 23.2 Å². The van der Waals surface area contributed by atoms with Gasteiger partial charge in [0.05, 0.1) is 4.90 Å². The van der Waals surface area contributed by atoms with E-state index in [1.165, 1.54) is 0 Å². The number of rotatable bonds is 7. The Morgan fingerprint density at radius 3 is 2.45 bits per heavy atom. The van der Waals surface area contributed by atoms with Gasteiger partial charge in [0.25, 0.3) is 0 Å². The van der Waals surface area contributed by atoms with Crippen LogP contribution in [0.3, 0.4) is 0 Å². The van der Waals surface area contributed by atoms with Crippen LogP contribution in [0, 0.1) is 13.8 Å². The highest BCUT2D eigenvalue weighted by Gasteiger charge is 2.17. The first-order valence-electron chi connectivity index (χ1n) is 6.80. The first-order valence-corrected chi connectivity index (χ1v) is 8.28. The molecule has 0 unspecified atom stereocenters. The lowest BCUT2D eigenvalue weighted by atomic mass is 10.1. The second kappa shape index (κ2) is 7.17. The molecule has 0 aliphatic carbocycles. The average molecular weight is 299 g/mol. The van der Waals surface area contributed by atoms with Gasteiger partial charge in [0, 0.05) is 19.6 Å². The third-order valence-electron chi connectivity index (χ3n) is 3.47. The number of nitrogens with two attached hydrogens (primary N) is 1. The number of nitrogens with zero attached hydrogens (tertiary/aromatic N) is 1. The molecule has 0 aromatic heterocycles. The Balaban J connectivity index is 2.92. The van der Waals surface area contributed by atoms with Crippen LogP contribution in [-0.4, -0.2) is 40.0 Å². The Bertz CT molecular complexity index is 556. The summed E-state index contributed by atoms with van der Waals surface area (Å²) < 4.78 is 27.3. The van der Waals surface area contributed by atoms with E-state index in [1.54, 1.807) is 13.0 Å². The summed E-state index contributed by atoms with van der Waals surface area (Å²) in [6.45, 7) is 8.10. The lowest BCUT2D eigenvalue weighted by molar-refractivity contribution is 0.358. The molecule has 0 spiro atoms. The Hall–Kier alpha value is -0.950. The van der Waals surface area contributed by atoms with Gasteiger partial charge >= 0.3 is 0 Å². The molecule has 3 N–H and O–H groups in total. The van der Waals surface area contributed by atoms with Crippen LogP contribution in [0.4, 0.5) is 0 Å². The fourth-order valence-corrected chi connectivity index (χ4v) is 3.29. The number of hydrogen-bond acceptors (Lipinski definition) is 4. The van der Waals surface area contributed by atoms with Crippen molar-refractivity contribution in [3.8, 4) is 0 Å². The lowest BCUT2D eigenvalue weighted by Gasteiger charge is -2.16. The number of hydrogen-bond donors (Lipinski definition) is 2. The molecule has 0 saturated carbocycles. The van der Waals surface area contributed by atoms with Gasteiger partial charge in [0.15, 0.2) is 0 Å². The normalized spacial score (nSPS) is 12.1. The quantitative estimate of drug-likeness (QED) is 0.787. The average Bonchev–Trinajstić information content (AvgIpc) is 2.38. The highest BCUT2D eigenvalue weighted by Crippen LogP contribution is 2.20. The van der Waals surface area contributed by atoms with Gasteiger partial charge < -0.3 is 10.6 Å². The maximum Gasteiger partial charge on any atom is 0.240 e. The maximum atomic E-state index is 12.3. The van der Waals surface area contributed by atoms with Gasteiger partial charge in [-0.25, -0.2) is 13.1 Å². The summed E-state index contributed by atoms with van der Waals surface area (Å²) in [5.74, 6) is 0. The van der Waals surface area contributed by atoms with Gasteiger partial charge in [0.2, 0.25) is 10.0 Å². The summed E-state index contributed by atoms with van der Waals surface area (Å²) in [5, 5.41) is 0. The molecule has 0 fully saturated rings. The van der Waals surface area contributed by atoms with Crippen LogP contribution >= 0.6 is 0 Å². The molecule has 1 aromatic carbocycles. The Morgan fingerprint density at radius 1 is 1.25 bits per heavy atom. The largest absolute Gasteiger partial charge is 0.326 e. The predicted octanol–water partition coefficient (Wildman–Crippen LogP) is 0.992. The maximum absolute atomic E-state index is 12.3. The lowest BCUT2D eigenvalue weighted by Crippen LogP contribution is -2.33. The summed E-state index contributed by atoms with van der Waals surface area (Å²) in [5.41, 5.74) is 8.28. The second-order valence-corrected chi connectivity index (χ2v) is 6.78. The molecule has 5 nitrogen and oxygen atoms in total. The van der Waals surface area contributed by atoms with E-state index in [1.807, 2.05) is 27.0 Å². The molecule has 0 aliphatic rings. The molecule has 0 bridgehead atoms. The second-order valence-electron chi connectivity index (χ2n) is 5.04. The highest BCUT2D eigenvalue weighted by molar-refractivity contribution is 7.89. The standard InChI is InChI=1S/C14H25N3O2S/c1-5-17(4)7-6-16-20(18,19)14-9-13(10-15)11(2)8-12(14)3/h8-9,16H,5-7,10,15H2,1-4H3. The van der Waals surface area contributed by atoms with Crippen LogP contribution in [0.5, 0.6) is 0 Å². The van der Waals surface area contributed by atoms with Crippen molar-refractivity contribution in [3.05, 3.63) is 28.8 Å². The van der Waals surface area contributed by atoms with E-state index in [4.69, 9.17) is 5.73 Å². The predicted molar refractivity (Wildman–Crippen MR) is 82.2 cm³/mol. The minimum Gasteiger partial charge on any atom is -0.326 e. The van der Waals surface area contributed by atoms with E-state index >= 15 is 0 Å². The summed E-state index contributed by atoms with van der Waals surface area (Å²) in [4.78, 5) is 2.37. The minimum atomic E-state index is -3.48. The summed E-state index contributed by atoms with van der Waals surface area (Å²) in [7, 11) is -1.52. The molecule has 1 aromatic rings. The zero-order chi connectivity index (χ0) is 15.3. The number of sulfonamides is 1. The van der Waals surface area contributed by atoms with Crippen LogP contribution in [-0.2, 0) is 16.6 Å². The molecule has 20 heavy (non-hydrogen) atoms. The molecular weight excluding hydrogens is 274 g/mol. The summed E-state index contributed by atoms with van der Waals surface area (Å²) >= 11 is 0.